The predicted molar refractivity (Wildman–Crippen MR) is 100 cm³/mol. The van der Waals surface area contributed by atoms with Crippen LogP contribution in [0.4, 0.5) is 0 Å². The fraction of sp³-hybridized carbons (Fsp3) is 0.636. The van der Waals surface area contributed by atoms with Crippen LogP contribution in [0, 0.1) is 23.7 Å². The third-order valence-electron chi connectivity index (χ3n) is 5.50. The minimum absolute atomic E-state index is 0.0207. The summed E-state index contributed by atoms with van der Waals surface area (Å²) >= 11 is 0. The number of rotatable bonds is 9. The van der Waals surface area contributed by atoms with Gasteiger partial charge in [-0.05, 0) is 62.0 Å². The van der Waals surface area contributed by atoms with E-state index in [0.29, 0.717) is 17.8 Å². The van der Waals surface area contributed by atoms with Crippen molar-refractivity contribution in [2.24, 2.45) is 23.7 Å². The van der Waals surface area contributed by atoms with Crippen LogP contribution in [-0.2, 0) is 4.79 Å². The van der Waals surface area contributed by atoms with Gasteiger partial charge in [0.05, 0.1) is 0 Å². The van der Waals surface area contributed by atoms with Gasteiger partial charge in [-0.3, -0.25) is 4.79 Å². The highest BCUT2D eigenvalue weighted by Crippen LogP contribution is 2.38. The van der Waals surface area contributed by atoms with E-state index in [-0.39, 0.29) is 11.7 Å². The van der Waals surface area contributed by atoms with Crippen LogP contribution >= 0.6 is 0 Å². The van der Waals surface area contributed by atoms with Gasteiger partial charge in [0.2, 0.25) is 0 Å². The van der Waals surface area contributed by atoms with Crippen LogP contribution in [-0.4, -0.2) is 5.78 Å². The molecular weight excluding hydrogens is 280 g/mol. The SMILES string of the molecule is C=C=C(C)[C@H](C1CCCCC1)C(C)C(=O)/C=C\CC(C=C)CC. The molecule has 0 aromatic carbocycles. The molecule has 3 atom stereocenters. The Kier molecular flexibility index (Phi) is 8.95. The molecule has 0 heterocycles. The summed E-state index contributed by atoms with van der Waals surface area (Å²) in [6.07, 6.45) is 14.2. The minimum atomic E-state index is 0.0207. The van der Waals surface area contributed by atoms with Crippen molar-refractivity contribution in [2.75, 3.05) is 0 Å². The van der Waals surface area contributed by atoms with Gasteiger partial charge in [0.25, 0.3) is 0 Å². The van der Waals surface area contributed by atoms with Crippen molar-refractivity contribution < 1.29 is 4.79 Å². The van der Waals surface area contributed by atoms with Crippen molar-refractivity contribution in [1.82, 2.24) is 0 Å². The highest BCUT2D eigenvalue weighted by atomic mass is 16.1. The van der Waals surface area contributed by atoms with E-state index in [0.717, 1.165) is 18.4 Å². The Balaban J connectivity index is 2.77. The molecule has 1 saturated carbocycles. The van der Waals surface area contributed by atoms with Crippen molar-refractivity contribution in [3.8, 4) is 0 Å². The first kappa shape index (κ1) is 19.7. The van der Waals surface area contributed by atoms with Crippen LogP contribution in [0.25, 0.3) is 0 Å². The van der Waals surface area contributed by atoms with Crippen LogP contribution in [0.1, 0.15) is 65.7 Å². The minimum Gasteiger partial charge on any atom is -0.295 e. The van der Waals surface area contributed by atoms with Crippen molar-refractivity contribution in [1.29, 1.82) is 0 Å². The number of hydrogen-bond acceptors (Lipinski definition) is 1. The molecule has 128 valence electrons. The normalized spacial score (nSPS) is 19.8. The van der Waals surface area contributed by atoms with Gasteiger partial charge in [-0.25, -0.2) is 0 Å². The zero-order valence-electron chi connectivity index (χ0n) is 15.3. The summed E-state index contributed by atoms with van der Waals surface area (Å²) < 4.78 is 0. The van der Waals surface area contributed by atoms with E-state index in [9.17, 15) is 4.79 Å². The Hall–Kier alpha value is -1.33. The summed E-state index contributed by atoms with van der Waals surface area (Å²) in [5, 5.41) is 0. The Bertz CT molecular complexity index is 458. The quantitative estimate of drug-likeness (QED) is 0.278. The summed E-state index contributed by atoms with van der Waals surface area (Å²) in [7, 11) is 0. The summed E-state index contributed by atoms with van der Waals surface area (Å²) in [6.45, 7) is 14.0. The molecule has 0 N–H and O–H groups in total. The van der Waals surface area contributed by atoms with E-state index in [4.69, 9.17) is 0 Å². The molecule has 23 heavy (non-hydrogen) atoms. The number of hydrogen-bond donors (Lipinski definition) is 0. The van der Waals surface area contributed by atoms with Crippen LogP contribution < -0.4 is 0 Å². The maximum Gasteiger partial charge on any atom is 0.158 e. The van der Waals surface area contributed by atoms with E-state index < -0.39 is 0 Å². The molecular formula is C22H34O. The summed E-state index contributed by atoms with van der Waals surface area (Å²) in [6, 6.07) is 0. The number of carbonyl (C=O) groups excluding carboxylic acids is 1. The Labute approximate surface area is 143 Å². The molecule has 0 aromatic rings. The third-order valence-corrected chi connectivity index (χ3v) is 5.50. The number of ketones is 1. The molecule has 1 rings (SSSR count). The lowest BCUT2D eigenvalue weighted by Gasteiger charge is -2.33. The molecule has 2 unspecified atom stereocenters. The lowest BCUT2D eigenvalue weighted by molar-refractivity contribution is -0.119. The Morgan fingerprint density at radius 2 is 1.96 bits per heavy atom. The fourth-order valence-corrected chi connectivity index (χ4v) is 3.87. The maximum atomic E-state index is 12.6. The molecule has 0 saturated heterocycles. The highest BCUT2D eigenvalue weighted by Gasteiger charge is 2.32. The third kappa shape index (κ3) is 5.99. The molecule has 1 nitrogen and oxygen atoms in total. The molecule has 0 radical (unpaired) electrons. The maximum absolute atomic E-state index is 12.6. The van der Waals surface area contributed by atoms with E-state index in [1.54, 1.807) is 6.08 Å². The lowest BCUT2D eigenvalue weighted by atomic mass is 9.70. The summed E-state index contributed by atoms with van der Waals surface area (Å²) in [5.74, 6) is 1.65. The predicted octanol–water partition coefficient (Wildman–Crippen LogP) is 6.28. The van der Waals surface area contributed by atoms with Crippen molar-refractivity contribution in [3.63, 3.8) is 0 Å². The average molecular weight is 315 g/mol. The first-order valence-corrected chi connectivity index (χ1v) is 9.24. The second-order valence-electron chi connectivity index (χ2n) is 7.02. The molecule has 0 amide bonds. The van der Waals surface area contributed by atoms with Crippen molar-refractivity contribution >= 4 is 5.78 Å². The molecule has 1 aliphatic carbocycles. The molecule has 1 heteroatoms. The van der Waals surface area contributed by atoms with E-state index in [2.05, 4.69) is 39.7 Å². The summed E-state index contributed by atoms with van der Waals surface area (Å²) in [5.41, 5.74) is 4.22. The molecule has 1 fully saturated rings. The van der Waals surface area contributed by atoms with Gasteiger partial charge in [0, 0.05) is 5.92 Å². The van der Waals surface area contributed by atoms with Crippen LogP contribution in [0.15, 0.2) is 42.7 Å². The Morgan fingerprint density at radius 1 is 1.30 bits per heavy atom. The van der Waals surface area contributed by atoms with E-state index in [1.807, 2.05) is 12.2 Å². The fourth-order valence-electron chi connectivity index (χ4n) is 3.87. The van der Waals surface area contributed by atoms with Crippen LogP contribution in [0.3, 0.4) is 0 Å². The van der Waals surface area contributed by atoms with Gasteiger partial charge in [-0.2, -0.15) is 0 Å². The van der Waals surface area contributed by atoms with Crippen molar-refractivity contribution in [3.05, 3.63) is 42.7 Å². The topological polar surface area (TPSA) is 17.1 Å². The smallest absolute Gasteiger partial charge is 0.158 e. The first-order valence-electron chi connectivity index (χ1n) is 9.24. The van der Waals surface area contributed by atoms with Gasteiger partial charge in [0.15, 0.2) is 5.78 Å². The van der Waals surface area contributed by atoms with Crippen molar-refractivity contribution in [2.45, 2.75) is 65.7 Å². The van der Waals surface area contributed by atoms with Gasteiger partial charge in [-0.15, -0.1) is 12.3 Å². The Morgan fingerprint density at radius 3 is 2.48 bits per heavy atom. The van der Waals surface area contributed by atoms with Gasteiger partial charge in [0.1, 0.15) is 0 Å². The summed E-state index contributed by atoms with van der Waals surface area (Å²) in [4.78, 5) is 12.6. The van der Waals surface area contributed by atoms with Gasteiger partial charge < -0.3 is 0 Å². The zero-order chi connectivity index (χ0) is 17.2. The van der Waals surface area contributed by atoms with E-state index >= 15 is 0 Å². The zero-order valence-corrected chi connectivity index (χ0v) is 15.3. The molecule has 1 aliphatic rings. The molecule has 0 bridgehead atoms. The first-order chi connectivity index (χ1) is 11.0. The van der Waals surface area contributed by atoms with Gasteiger partial charge in [-0.1, -0.05) is 51.8 Å². The van der Waals surface area contributed by atoms with Crippen LogP contribution in [0.5, 0.6) is 0 Å². The van der Waals surface area contributed by atoms with Crippen LogP contribution in [0.2, 0.25) is 0 Å². The standard InChI is InChI=1S/C22H34O/c1-6-17(4)22(20-14-10-9-11-15-20)18(5)21(23)16-12-13-19(7-2)8-3/h7,12,16,18-20,22H,1-2,8-11,13-15H2,3-5H3/b16-12-/t18?,19?,22-/m0/s1. The second-order valence-corrected chi connectivity index (χ2v) is 7.02. The highest BCUT2D eigenvalue weighted by molar-refractivity contribution is 5.91. The average Bonchev–Trinajstić information content (AvgIpc) is 2.59. The van der Waals surface area contributed by atoms with E-state index in [1.165, 1.54) is 32.1 Å². The molecule has 0 spiro atoms. The lowest BCUT2D eigenvalue weighted by Crippen LogP contribution is -2.29. The number of carbonyl (C=O) groups is 1. The van der Waals surface area contributed by atoms with Gasteiger partial charge >= 0.3 is 0 Å². The largest absolute Gasteiger partial charge is 0.295 e. The molecule has 0 aromatic heterocycles. The second kappa shape index (κ2) is 10.4. The molecule has 0 aliphatic heterocycles. The monoisotopic (exact) mass is 314 g/mol. The number of allylic oxidation sites excluding steroid dienone is 4.